The van der Waals surface area contributed by atoms with Gasteiger partial charge >= 0.3 is 0 Å². The molecule has 2 rings (SSSR count). The third kappa shape index (κ3) is 2.20. The Kier molecular flexibility index (Phi) is 3.46. The van der Waals surface area contributed by atoms with E-state index in [0.29, 0.717) is 23.7 Å². The highest BCUT2D eigenvalue weighted by molar-refractivity contribution is 6.32. The van der Waals surface area contributed by atoms with E-state index in [4.69, 9.17) is 16.3 Å². The van der Waals surface area contributed by atoms with Crippen molar-refractivity contribution >= 4 is 17.4 Å². The minimum atomic E-state index is -0.0721. The molecule has 1 fully saturated rings. The first kappa shape index (κ1) is 11.4. The number of ether oxygens (including phenoxy) is 1. The van der Waals surface area contributed by atoms with Crippen molar-refractivity contribution in [1.82, 2.24) is 5.32 Å². The topological polar surface area (TPSA) is 38.3 Å². The van der Waals surface area contributed by atoms with E-state index in [0.717, 1.165) is 12.1 Å². The smallest absolute Gasteiger partial charge is 0.142 e. The van der Waals surface area contributed by atoms with Crippen LogP contribution in [0.1, 0.15) is 17.9 Å². The maximum atomic E-state index is 11.7. The molecule has 1 unspecified atom stereocenters. The van der Waals surface area contributed by atoms with Gasteiger partial charge in [0.15, 0.2) is 0 Å². The molecule has 1 N–H and O–H groups in total. The predicted octanol–water partition coefficient (Wildman–Crippen LogP) is 1.99. The Bertz CT molecular complexity index is 406. The van der Waals surface area contributed by atoms with E-state index in [2.05, 4.69) is 5.32 Å². The number of nitrogens with one attached hydrogen (secondary N) is 1. The largest absolute Gasteiger partial charge is 0.495 e. The maximum Gasteiger partial charge on any atom is 0.142 e. The van der Waals surface area contributed by atoms with Gasteiger partial charge in [0.25, 0.3) is 0 Å². The van der Waals surface area contributed by atoms with Gasteiger partial charge in [-0.1, -0.05) is 17.7 Å². The van der Waals surface area contributed by atoms with Gasteiger partial charge in [-0.2, -0.15) is 0 Å². The molecule has 0 bridgehead atoms. The summed E-state index contributed by atoms with van der Waals surface area (Å²) in [6.45, 7) is 1.47. The molecule has 0 spiro atoms. The molecule has 0 radical (unpaired) electrons. The molecular weight excluding hydrogens is 226 g/mol. The molecule has 86 valence electrons. The standard InChI is InChI=1S/C12H14ClNO2/c1-16-12-3-2-8(6-10(12)13)9-7-14-5-4-11(9)15/h2-3,6,9,14H,4-5,7H2,1H3. The summed E-state index contributed by atoms with van der Waals surface area (Å²) in [7, 11) is 1.58. The number of carbonyl (C=O) groups excluding carboxylic acids is 1. The number of carbonyl (C=O) groups is 1. The fourth-order valence-corrected chi connectivity index (χ4v) is 2.22. The third-order valence-electron chi connectivity index (χ3n) is 2.86. The molecule has 1 aromatic carbocycles. The molecule has 16 heavy (non-hydrogen) atoms. The minimum absolute atomic E-state index is 0.0721. The summed E-state index contributed by atoms with van der Waals surface area (Å²) < 4.78 is 5.08. The van der Waals surface area contributed by atoms with Gasteiger partial charge in [-0.15, -0.1) is 0 Å². The highest BCUT2D eigenvalue weighted by atomic mass is 35.5. The highest BCUT2D eigenvalue weighted by Crippen LogP contribution is 2.29. The lowest BCUT2D eigenvalue weighted by Gasteiger charge is -2.22. The number of benzene rings is 1. The molecule has 4 heteroatoms. The number of halogens is 1. The number of piperidine rings is 1. The summed E-state index contributed by atoms with van der Waals surface area (Å²) in [4.78, 5) is 11.7. The fraction of sp³-hybridized carbons (Fsp3) is 0.417. The van der Waals surface area contributed by atoms with E-state index in [1.54, 1.807) is 13.2 Å². The zero-order chi connectivity index (χ0) is 11.5. The lowest BCUT2D eigenvalue weighted by atomic mass is 9.90. The van der Waals surface area contributed by atoms with Gasteiger partial charge in [0, 0.05) is 19.5 Å². The second-order valence-corrected chi connectivity index (χ2v) is 4.27. The Balaban J connectivity index is 2.26. The van der Waals surface area contributed by atoms with Crippen LogP contribution in [0.4, 0.5) is 0 Å². The lowest BCUT2D eigenvalue weighted by molar-refractivity contribution is -0.121. The molecule has 3 nitrogen and oxygen atoms in total. The molecule has 0 saturated carbocycles. The van der Waals surface area contributed by atoms with E-state index in [1.807, 2.05) is 12.1 Å². The minimum Gasteiger partial charge on any atom is -0.495 e. The first-order valence-corrected chi connectivity index (χ1v) is 5.67. The molecule has 1 aromatic rings. The average Bonchev–Trinajstić information content (AvgIpc) is 2.29. The second kappa shape index (κ2) is 4.85. The van der Waals surface area contributed by atoms with Gasteiger partial charge in [0.2, 0.25) is 0 Å². The lowest BCUT2D eigenvalue weighted by Crippen LogP contribution is -2.35. The van der Waals surface area contributed by atoms with Crippen LogP contribution in [0.3, 0.4) is 0 Å². The maximum absolute atomic E-state index is 11.7. The van der Waals surface area contributed by atoms with E-state index in [1.165, 1.54) is 0 Å². The fourth-order valence-electron chi connectivity index (χ4n) is 1.95. The van der Waals surface area contributed by atoms with Crippen molar-refractivity contribution < 1.29 is 9.53 Å². The van der Waals surface area contributed by atoms with Crippen LogP contribution in [0.15, 0.2) is 18.2 Å². The van der Waals surface area contributed by atoms with Crippen LogP contribution >= 0.6 is 11.6 Å². The first-order chi connectivity index (χ1) is 7.72. The SMILES string of the molecule is COc1ccc(C2CNCCC2=O)cc1Cl. The van der Waals surface area contributed by atoms with Gasteiger partial charge in [0.05, 0.1) is 18.1 Å². The number of rotatable bonds is 2. The van der Waals surface area contributed by atoms with Crippen LogP contribution in [-0.4, -0.2) is 26.0 Å². The van der Waals surface area contributed by atoms with Crippen molar-refractivity contribution in [1.29, 1.82) is 0 Å². The Morgan fingerprint density at radius 3 is 2.94 bits per heavy atom. The van der Waals surface area contributed by atoms with Crippen molar-refractivity contribution in [2.24, 2.45) is 0 Å². The number of Topliss-reactive ketones (excluding diaryl/α,β-unsaturated/α-hetero) is 1. The zero-order valence-corrected chi connectivity index (χ0v) is 9.88. The Morgan fingerprint density at radius 1 is 1.50 bits per heavy atom. The Hall–Kier alpha value is -1.06. The molecular formula is C12H14ClNO2. The molecule has 1 saturated heterocycles. The van der Waals surface area contributed by atoms with Crippen molar-refractivity contribution in [3.63, 3.8) is 0 Å². The van der Waals surface area contributed by atoms with Crippen LogP contribution in [0.25, 0.3) is 0 Å². The van der Waals surface area contributed by atoms with Crippen molar-refractivity contribution in [3.8, 4) is 5.75 Å². The zero-order valence-electron chi connectivity index (χ0n) is 9.13. The molecule has 1 heterocycles. The van der Waals surface area contributed by atoms with Crippen molar-refractivity contribution in [3.05, 3.63) is 28.8 Å². The molecule has 0 aliphatic carbocycles. The number of hydrogen-bond acceptors (Lipinski definition) is 3. The molecule has 1 aliphatic heterocycles. The van der Waals surface area contributed by atoms with Gasteiger partial charge in [0.1, 0.15) is 11.5 Å². The summed E-state index contributed by atoms with van der Waals surface area (Å²) in [5.74, 6) is 0.846. The van der Waals surface area contributed by atoms with E-state index < -0.39 is 0 Å². The third-order valence-corrected chi connectivity index (χ3v) is 3.16. The normalized spacial score (nSPS) is 20.9. The summed E-state index contributed by atoms with van der Waals surface area (Å²) in [5, 5.41) is 3.77. The van der Waals surface area contributed by atoms with Crippen LogP contribution in [0, 0.1) is 0 Å². The molecule has 0 amide bonds. The van der Waals surface area contributed by atoms with Crippen molar-refractivity contribution in [2.75, 3.05) is 20.2 Å². The van der Waals surface area contributed by atoms with E-state index in [-0.39, 0.29) is 11.7 Å². The van der Waals surface area contributed by atoms with E-state index >= 15 is 0 Å². The summed E-state index contributed by atoms with van der Waals surface area (Å²) in [6.07, 6.45) is 0.592. The van der Waals surface area contributed by atoms with Gasteiger partial charge < -0.3 is 10.1 Å². The van der Waals surface area contributed by atoms with E-state index in [9.17, 15) is 4.79 Å². The van der Waals surface area contributed by atoms with Gasteiger partial charge in [-0.05, 0) is 17.7 Å². The predicted molar refractivity (Wildman–Crippen MR) is 63.2 cm³/mol. The molecule has 0 aromatic heterocycles. The monoisotopic (exact) mass is 239 g/mol. The quantitative estimate of drug-likeness (QED) is 0.858. The number of hydrogen-bond donors (Lipinski definition) is 1. The Labute approximate surface area is 99.7 Å². The number of methoxy groups -OCH3 is 1. The second-order valence-electron chi connectivity index (χ2n) is 3.87. The van der Waals surface area contributed by atoms with Crippen LogP contribution in [0.2, 0.25) is 5.02 Å². The van der Waals surface area contributed by atoms with Crippen molar-refractivity contribution in [2.45, 2.75) is 12.3 Å². The van der Waals surface area contributed by atoms with Gasteiger partial charge in [-0.3, -0.25) is 4.79 Å². The summed E-state index contributed by atoms with van der Waals surface area (Å²) >= 11 is 6.04. The van der Waals surface area contributed by atoms with Crippen LogP contribution in [-0.2, 0) is 4.79 Å². The van der Waals surface area contributed by atoms with Crippen LogP contribution < -0.4 is 10.1 Å². The molecule has 1 atom stereocenters. The summed E-state index contributed by atoms with van der Waals surface area (Å²) in [5.41, 5.74) is 0.961. The average molecular weight is 240 g/mol. The highest BCUT2D eigenvalue weighted by Gasteiger charge is 2.24. The summed E-state index contributed by atoms with van der Waals surface area (Å²) in [6, 6.07) is 5.52. The number of ketones is 1. The Morgan fingerprint density at radius 2 is 2.31 bits per heavy atom. The molecule has 1 aliphatic rings. The van der Waals surface area contributed by atoms with Crippen LogP contribution in [0.5, 0.6) is 5.75 Å². The van der Waals surface area contributed by atoms with Gasteiger partial charge in [-0.25, -0.2) is 0 Å². The first-order valence-electron chi connectivity index (χ1n) is 5.29.